The molecule has 0 aliphatic carbocycles. The minimum absolute atomic E-state index is 0.0890. The van der Waals surface area contributed by atoms with E-state index in [9.17, 15) is 14.9 Å². The highest BCUT2D eigenvalue weighted by Crippen LogP contribution is 2.17. The molecule has 1 atom stereocenters. The second kappa shape index (κ2) is 7.00. The second-order valence-corrected chi connectivity index (χ2v) is 5.29. The number of nitro benzene ring substituents is 1. The Bertz CT molecular complexity index is 500. The number of carbonyl (C=O) groups is 1. The Morgan fingerprint density at radius 2 is 2.10 bits per heavy atom. The van der Waals surface area contributed by atoms with Gasteiger partial charge in [-0.25, -0.2) is 0 Å². The number of nitrogens with zero attached hydrogens (tertiary/aromatic N) is 1. The van der Waals surface area contributed by atoms with E-state index in [1.54, 1.807) is 13.0 Å². The smallest absolute Gasteiger partial charge is 0.270 e. The quantitative estimate of drug-likeness (QED) is 0.614. The third-order valence-corrected chi connectivity index (χ3v) is 3.05. The molecule has 0 saturated carbocycles. The third-order valence-electron chi connectivity index (χ3n) is 3.05. The number of amides is 1. The number of carbonyl (C=O) groups excluding carboxylic acids is 1. The predicted octanol–water partition coefficient (Wildman–Crippen LogP) is 2.01. The largest absolute Gasteiger partial charge is 0.348 e. The van der Waals surface area contributed by atoms with Crippen molar-refractivity contribution in [2.24, 2.45) is 11.7 Å². The zero-order chi connectivity index (χ0) is 15.3. The Labute approximate surface area is 118 Å². The zero-order valence-corrected chi connectivity index (χ0v) is 12.1. The normalized spacial score (nSPS) is 12.2. The standard InChI is InChI=1S/C14H21N3O3/c1-9(2)6-11(8-15)16-14(18)13-7-12(17(19)20)5-4-10(13)3/h4-5,7,9,11H,6,8,15H2,1-3H3,(H,16,18). The fourth-order valence-electron chi connectivity index (χ4n) is 2.01. The van der Waals surface area contributed by atoms with Gasteiger partial charge in [-0.1, -0.05) is 19.9 Å². The van der Waals surface area contributed by atoms with Crippen LogP contribution in [0.1, 0.15) is 36.2 Å². The van der Waals surface area contributed by atoms with Crippen molar-refractivity contribution >= 4 is 11.6 Å². The molecule has 1 aromatic rings. The van der Waals surface area contributed by atoms with Gasteiger partial charge in [0.25, 0.3) is 11.6 Å². The first kappa shape index (κ1) is 16.1. The van der Waals surface area contributed by atoms with Crippen molar-refractivity contribution in [2.75, 3.05) is 6.54 Å². The van der Waals surface area contributed by atoms with Gasteiger partial charge in [-0.15, -0.1) is 0 Å². The maximum Gasteiger partial charge on any atom is 0.270 e. The molecular weight excluding hydrogens is 258 g/mol. The Morgan fingerprint density at radius 1 is 1.45 bits per heavy atom. The maximum absolute atomic E-state index is 12.2. The molecule has 0 bridgehead atoms. The number of nitro groups is 1. The van der Waals surface area contributed by atoms with Crippen molar-refractivity contribution in [3.8, 4) is 0 Å². The molecule has 1 rings (SSSR count). The Hall–Kier alpha value is -1.95. The monoisotopic (exact) mass is 279 g/mol. The molecule has 0 saturated heterocycles. The van der Waals surface area contributed by atoms with Crippen LogP contribution in [0.25, 0.3) is 0 Å². The summed E-state index contributed by atoms with van der Waals surface area (Å²) in [5.74, 6) is 0.0948. The van der Waals surface area contributed by atoms with Gasteiger partial charge >= 0.3 is 0 Å². The van der Waals surface area contributed by atoms with Gasteiger partial charge in [0.1, 0.15) is 0 Å². The highest BCUT2D eigenvalue weighted by atomic mass is 16.6. The molecule has 0 aliphatic rings. The van der Waals surface area contributed by atoms with Crippen LogP contribution in [0.15, 0.2) is 18.2 Å². The first-order chi connectivity index (χ1) is 9.35. The van der Waals surface area contributed by atoms with Crippen LogP contribution in [0.3, 0.4) is 0 Å². The molecule has 20 heavy (non-hydrogen) atoms. The van der Waals surface area contributed by atoms with Gasteiger partial charge in [-0.3, -0.25) is 14.9 Å². The van der Waals surface area contributed by atoms with Crippen LogP contribution in [0, 0.1) is 23.0 Å². The van der Waals surface area contributed by atoms with Crippen LogP contribution in [0.2, 0.25) is 0 Å². The fraction of sp³-hybridized carbons (Fsp3) is 0.500. The van der Waals surface area contributed by atoms with Gasteiger partial charge in [-0.05, 0) is 24.8 Å². The topological polar surface area (TPSA) is 98.3 Å². The summed E-state index contributed by atoms with van der Waals surface area (Å²) in [7, 11) is 0. The highest BCUT2D eigenvalue weighted by molar-refractivity contribution is 5.96. The van der Waals surface area contributed by atoms with Crippen LogP contribution in [-0.2, 0) is 0 Å². The van der Waals surface area contributed by atoms with E-state index < -0.39 is 4.92 Å². The molecular formula is C14H21N3O3. The molecule has 110 valence electrons. The Balaban J connectivity index is 2.91. The number of hydrogen-bond donors (Lipinski definition) is 2. The van der Waals surface area contributed by atoms with Gasteiger partial charge in [0.15, 0.2) is 0 Å². The summed E-state index contributed by atoms with van der Waals surface area (Å²) >= 11 is 0. The molecule has 1 aromatic carbocycles. The molecule has 1 amide bonds. The lowest BCUT2D eigenvalue weighted by atomic mass is 10.0. The summed E-state index contributed by atoms with van der Waals surface area (Å²) in [6, 6.07) is 4.14. The summed E-state index contributed by atoms with van der Waals surface area (Å²) in [5, 5.41) is 13.6. The average molecular weight is 279 g/mol. The van der Waals surface area contributed by atoms with Crippen molar-refractivity contribution in [3.05, 3.63) is 39.4 Å². The summed E-state index contributed by atoms with van der Waals surface area (Å²) in [4.78, 5) is 22.5. The highest BCUT2D eigenvalue weighted by Gasteiger charge is 2.18. The van der Waals surface area contributed by atoms with Crippen molar-refractivity contribution < 1.29 is 9.72 Å². The molecule has 0 spiro atoms. The molecule has 0 aromatic heterocycles. The van der Waals surface area contributed by atoms with Gasteiger partial charge in [-0.2, -0.15) is 0 Å². The number of benzene rings is 1. The van der Waals surface area contributed by atoms with Crippen LogP contribution in [0.4, 0.5) is 5.69 Å². The summed E-state index contributed by atoms with van der Waals surface area (Å²) < 4.78 is 0. The minimum atomic E-state index is -0.509. The summed E-state index contributed by atoms with van der Waals surface area (Å²) in [6.07, 6.45) is 0.774. The van der Waals surface area contributed by atoms with Crippen LogP contribution in [-0.4, -0.2) is 23.4 Å². The van der Waals surface area contributed by atoms with Crippen molar-refractivity contribution in [1.82, 2.24) is 5.32 Å². The average Bonchev–Trinajstić information content (AvgIpc) is 2.37. The van der Waals surface area contributed by atoms with Gasteiger partial charge in [0, 0.05) is 30.3 Å². The lowest BCUT2D eigenvalue weighted by Gasteiger charge is -2.19. The van der Waals surface area contributed by atoms with Gasteiger partial charge < -0.3 is 11.1 Å². The predicted molar refractivity (Wildman–Crippen MR) is 77.6 cm³/mol. The molecule has 0 radical (unpaired) electrons. The molecule has 6 nitrogen and oxygen atoms in total. The number of nitrogens with two attached hydrogens (primary N) is 1. The lowest BCUT2D eigenvalue weighted by Crippen LogP contribution is -2.41. The van der Waals surface area contributed by atoms with Gasteiger partial charge in [0.2, 0.25) is 0 Å². The summed E-state index contributed by atoms with van der Waals surface area (Å²) in [5.41, 5.74) is 6.57. The van der Waals surface area contributed by atoms with Crippen LogP contribution in [0.5, 0.6) is 0 Å². The van der Waals surface area contributed by atoms with E-state index in [1.165, 1.54) is 12.1 Å². The molecule has 0 aliphatic heterocycles. The Kier molecular flexibility index (Phi) is 5.64. The van der Waals surface area contributed by atoms with E-state index >= 15 is 0 Å². The van der Waals surface area contributed by atoms with E-state index in [2.05, 4.69) is 5.32 Å². The van der Waals surface area contributed by atoms with E-state index in [0.717, 1.165) is 6.42 Å². The van der Waals surface area contributed by atoms with E-state index in [1.807, 2.05) is 13.8 Å². The van der Waals surface area contributed by atoms with Crippen LogP contribution < -0.4 is 11.1 Å². The minimum Gasteiger partial charge on any atom is -0.348 e. The number of nitrogens with one attached hydrogen (secondary N) is 1. The Morgan fingerprint density at radius 3 is 2.60 bits per heavy atom. The van der Waals surface area contributed by atoms with E-state index in [-0.39, 0.29) is 17.6 Å². The second-order valence-electron chi connectivity index (χ2n) is 5.29. The number of rotatable bonds is 6. The first-order valence-electron chi connectivity index (χ1n) is 6.61. The van der Waals surface area contributed by atoms with E-state index in [4.69, 9.17) is 5.73 Å². The molecule has 0 fully saturated rings. The van der Waals surface area contributed by atoms with Crippen molar-refractivity contribution in [3.63, 3.8) is 0 Å². The molecule has 0 heterocycles. The number of non-ortho nitro benzene ring substituents is 1. The molecule has 3 N–H and O–H groups in total. The molecule has 6 heteroatoms. The molecule has 1 unspecified atom stereocenters. The first-order valence-corrected chi connectivity index (χ1v) is 6.61. The number of aryl methyl sites for hydroxylation is 1. The van der Waals surface area contributed by atoms with Crippen molar-refractivity contribution in [2.45, 2.75) is 33.2 Å². The summed E-state index contributed by atoms with van der Waals surface area (Å²) in [6.45, 7) is 6.19. The van der Waals surface area contributed by atoms with E-state index in [0.29, 0.717) is 23.6 Å². The van der Waals surface area contributed by atoms with Crippen molar-refractivity contribution in [1.29, 1.82) is 0 Å². The van der Waals surface area contributed by atoms with Gasteiger partial charge in [0.05, 0.1) is 4.92 Å². The maximum atomic E-state index is 12.2. The zero-order valence-electron chi connectivity index (χ0n) is 12.1. The third kappa shape index (κ3) is 4.31. The van der Waals surface area contributed by atoms with Crippen LogP contribution >= 0.6 is 0 Å². The number of hydrogen-bond acceptors (Lipinski definition) is 4. The lowest BCUT2D eigenvalue weighted by molar-refractivity contribution is -0.384. The fourth-order valence-corrected chi connectivity index (χ4v) is 2.01. The SMILES string of the molecule is Cc1ccc([N+](=O)[O-])cc1C(=O)NC(CN)CC(C)C.